The van der Waals surface area contributed by atoms with Gasteiger partial charge in [0, 0.05) is 19.2 Å². The van der Waals surface area contributed by atoms with Crippen LogP contribution in [0.1, 0.15) is 18.9 Å². The lowest BCUT2D eigenvalue weighted by Crippen LogP contribution is -2.16. The molecule has 0 aliphatic heterocycles. The largest absolute Gasteiger partial charge is 0.489 e. The molecule has 0 fully saturated rings. The van der Waals surface area contributed by atoms with Crippen molar-refractivity contribution in [1.82, 2.24) is 5.32 Å². The van der Waals surface area contributed by atoms with Crippen LogP contribution in [-0.4, -0.2) is 40.1 Å². The Morgan fingerprint density at radius 1 is 1.15 bits per heavy atom. The molecule has 0 atom stereocenters. The van der Waals surface area contributed by atoms with Crippen molar-refractivity contribution in [1.29, 1.82) is 0 Å². The summed E-state index contributed by atoms with van der Waals surface area (Å²) >= 11 is 6.19. The van der Waals surface area contributed by atoms with Gasteiger partial charge in [0.25, 0.3) is 0 Å². The Morgan fingerprint density at radius 2 is 1.95 bits per heavy atom. The second-order valence-electron chi connectivity index (χ2n) is 4.36. The summed E-state index contributed by atoms with van der Waals surface area (Å²) < 4.78 is 16.0. The van der Waals surface area contributed by atoms with E-state index in [0.717, 1.165) is 30.8 Å². The van der Waals surface area contributed by atoms with Gasteiger partial charge in [0.1, 0.15) is 12.4 Å². The standard InChI is InChI=1S/C15H24ClNO3/c1-3-7-17-12-13-5-4-6-14(16)15(13)20-11-10-19-9-8-18-2/h4-6,17H,3,7-12H2,1-2H3. The van der Waals surface area contributed by atoms with E-state index in [-0.39, 0.29) is 0 Å². The van der Waals surface area contributed by atoms with E-state index in [9.17, 15) is 0 Å². The van der Waals surface area contributed by atoms with Crippen molar-refractivity contribution >= 4 is 11.6 Å². The maximum absolute atomic E-state index is 6.19. The number of benzene rings is 1. The third-order valence-corrected chi connectivity index (χ3v) is 2.99. The SMILES string of the molecule is CCCNCc1cccc(Cl)c1OCCOCCOC. The highest BCUT2D eigenvalue weighted by Crippen LogP contribution is 2.28. The molecule has 114 valence electrons. The first-order chi connectivity index (χ1) is 9.79. The highest BCUT2D eigenvalue weighted by Gasteiger charge is 2.08. The number of nitrogens with one attached hydrogen (secondary N) is 1. The number of methoxy groups -OCH3 is 1. The average molecular weight is 302 g/mol. The van der Waals surface area contributed by atoms with Gasteiger partial charge in [0.05, 0.1) is 24.8 Å². The van der Waals surface area contributed by atoms with Crippen molar-refractivity contribution in [2.75, 3.05) is 40.1 Å². The van der Waals surface area contributed by atoms with E-state index in [1.54, 1.807) is 7.11 Å². The normalized spacial score (nSPS) is 10.8. The number of hydrogen-bond acceptors (Lipinski definition) is 4. The van der Waals surface area contributed by atoms with Gasteiger partial charge in [-0.2, -0.15) is 0 Å². The summed E-state index contributed by atoms with van der Waals surface area (Å²) in [5.41, 5.74) is 1.07. The van der Waals surface area contributed by atoms with Crippen molar-refractivity contribution in [3.05, 3.63) is 28.8 Å². The highest BCUT2D eigenvalue weighted by molar-refractivity contribution is 6.32. The smallest absolute Gasteiger partial charge is 0.142 e. The average Bonchev–Trinajstić information content (AvgIpc) is 2.45. The van der Waals surface area contributed by atoms with E-state index in [1.165, 1.54) is 0 Å². The topological polar surface area (TPSA) is 39.7 Å². The van der Waals surface area contributed by atoms with Gasteiger partial charge in [-0.15, -0.1) is 0 Å². The van der Waals surface area contributed by atoms with Crippen molar-refractivity contribution in [3.63, 3.8) is 0 Å². The minimum atomic E-state index is 0.480. The fourth-order valence-electron chi connectivity index (χ4n) is 1.70. The van der Waals surface area contributed by atoms with E-state index >= 15 is 0 Å². The van der Waals surface area contributed by atoms with E-state index in [2.05, 4.69) is 12.2 Å². The molecule has 0 aliphatic carbocycles. The maximum Gasteiger partial charge on any atom is 0.142 e. The quantitative estimate of drug-likeness (QED) is 0.638. The van der Waals surface area contributed by atoms with E-state index in [4.69, 9.17) is 25.8 Å². The Labute approximate surface area is 126 Å². The van der Waals surface area contributed by atoms with Crippen LogP contribution >= 0.6 is 11.6 Å². The summed E-state index contributed by atoms with van der Waals surface area (Å²) in [7, 11) is 1.65. The molecule has 4 nitrogen and oxygen atoms in total. The summed E-state index contributed by atoms with van der Waals surface area (Å²) in [5, 5.41) is 3.99. The van der Waals surface area contributed by atoms with Crippen LogP contribution in [0.4, 0.5) is 0 Å². The molecule has 0 unspecified atom stereocenters. The van der Waals surface area contributed by atoms with Crippen molar-refractivity contribution in [2.24, 2.45) is 0 Å². The molecule has 1 N–H and O–H groups in total. The van der Waals surface area contributed by atoms with Crippen LogP contribution in [0.25, 0.3) is 0 Å². The van der Waals surface area contributed by atoms with Gasteiger partial charge in [-0.25, -0.2) is 0 Å². The molecule has 0 radical (unpaired) electrons. The van der Waals surface area contributed by atoms with Crippen LogP contribution < -0.4 is 10.1 Å². The van der Waals surface area contributed by atoms with E-state index in [0.29, 0.717) is 31.5 Å². The molecule has 0 amide bonds. The van der Waals surface area contributed by atoms with Crippen molar-refractivity contribution < 1.29 is 14.2 Å². The Balaban J connectivity index is 2.41. The van der Waals surface area contributed by atoms with Crippen LogP contribution in [0.5, 0.6) is 5.75 Å². The first-order valence-corrected chi connectivity index (χ1v) is 7.35. The van der Waals surface area contributed by atoms with Crippen molar-refractivity contribution in [3.8, 4) is 5.75 Å². The first kappa shape index (κ1) is 17.2. The molecule has 0 heterocycles. The highest BCUT2D eigenvalue weighted by atomic mass is 35.5. The molecular formula is C15H24ClNO3. The summed E-state index contributed by atoms with van der Waals surface area (Å²) in [6.45, 7) is 6.05. The van der Waals surface area contributed by atoms with Crippen LogP contribution in [0, 0.1) is 0 Å². The van der Waals surface area contributed by atoms with Gasteiger partial charge in [-0.05, 0) is 19.0 Å². The van der Waals surface area contributed by atoms with Crippen LogP contribution in [0.2, 0.25) is 5.02 Å². The summed E-state index contributed by atoms with van der Waals surface area (Å²) in [6, 6.07) is 5.80. The van der Waals surface area contributed by atoms with Gasteiger partial charge >= 0.3 is 0 Å². The maximum atomic E-state index is 6.19. The molecule has 0 saturated heterocycles. The second kappa shape index (κ2) is 10.9. The molecule has 1 aromatic rings. The number of hydrogen-bond donors (Lipinski definition) is 1. The van der Waals surface area contributed by atoms with Crippen molar-refractivity contribution in [2.45, 2.75) is 19.9 Å². The summed E-state index contributed by atoms with van der Waals surface area (Å²) in [5.74, 6) is 0.744. The van der Waals surface area contributed by atoms with Crippen LogP contribution in [0.3, 0.4) is 0 Å². The van der Waals surface area contributed by atoms with Gasteiger partial charge in [-0.3, -0.25) is 0 Å². The van der Waals surface area contributed by atoms with E-state index in [1.807, 2.05) is 18.2 Å². The third kappa shape index (κ3) is 6.57. The molecule has 0 spiro atoms. The lowest BCUT2D eigenvalue weighted by Gasteiger charge is -2.13. The van der Waals surface area contributed by atoms with Crippen LogP contribution in [-0.2, 0) is 16.0 Å². The van der Waals surface area contributed by atoms with Gasteiger partial charge in [0.15, 0.2) is 0 Å². The molecule has 0 aliphatic rings. The molecule has 0 bridgehead atoms. The predicted octanol–water partition coefficient (Wildman–Crippen LogP) is 2.88. The van der Waals surface area contributed by atoms with Gasteiger partial charge in [0.2, 0.25) is 0 Å². The molecule has 20 heavy (non-hydrogen) atoms. The lowest BCUT2D eigenvalue weighted by molar-refractivity contribution is 0.0543. The number of ether oxygens (including phenoxy) is 3. The Bertz CT molecular complexity index is 374. The molecule has 0 aromatic heterocycles. The zero-order chi connectivity index (χ0) is 14.6. The minimum absolute atomic E-state index is 0.480. The second-order valence-corrected chi connectivity index (χ2v) is 4.77. The number of halogens is 1. The molecule has 0 saturated carbocycles. The Hall–Kier alpha value is -0.810. The molecule has 5 heteroatoms. The zero-order valence-electron chi connectivity index (χ0n) is 12.3. The Kier molecular flexibility index (Phi) is 9.41. The van der Waals surface area contributed by atoms with Gasteiger partial charge in [-0.1, -0.05) is 30.7 Å². The third-order valence-electron chi connectivity index (χ3n) is 2.70. The summed E-state index contributed by atoms with van der Waals surface area (Å²) in [4.78, 5) is 0. The minimum Gasteiger partial charge on any atom is -0.489 e. The number of rotatable bonds is 11. The number of para-hydroxylation sites is 1. The lowest BCUT2D eigenvalue weighted by atomic mass is 10.2. The summed E-state index contributed by atoms with van der Waals surface area (Å²) in [6.07, 6.45) is 1.10. The predicted molar refractivity (Wildman–Crippen MR) is 81.6 cm³/mol. The Morgan fingerprint density at radius 3 is 2.70 bits per heavy atom. The fraction of sp³-hybridized carbons (Fsp3) is 0.600. The molecule has 1 aromatic carbocycles. The zero-order valence-corrected chi connectivity index (χ0v) is 13.0. The molecule has 1 rings (SSSR count). The van der Waals surface area contributed by atoms with Crippen LogP contribution in [0.15, 0.2) is 18.2 Å². The monoisotopic (exact) mass is 301 g/mol. The first-order valence-electron chi connectivity index (χ1n) is 6.97. The fourth-order valence-corrected chi connectivity index (χ4v) is 1.95. The van der Waals surface area contributed by atoms with Gasteiger partial charge < -0.3 is 19.5 Å². The molecular weight excluding hydrogens is 278 g/mol. The van der Waals surface area contributed by atoms with E-state index < -0.39 is 0 Å².